The SMILES string of the molecule is O=C1CC[C@H](C=C(C(=O)Nc2ccc(C(=O)O)cn2)c2ccc(S(=O)(=O)C3CC3)c(C3CC3)c2)C1. The number of nitrogens with zero attached hydrogens (tertiary/aromatic N) is 1. The standard InChI is InChI=1S/C26H26N2O6S/c29-19-6-1-15(11-19)12-22(25(30)28-24-10-5-18(14-27-24)26(31)32)17-4-9-23(21(13-17)16-2-3-16)35(33,34)20-7-8-20/h4-5,9-10,12-16,20H,1-3,6-8,11H2,(H,31,32)(H,27,28,30)/t15-/m0/s1. The number of sulfone groups is 1. The number of carboxylic acid groups (broad SMARTS) is 1. The van der Waals surface area contributed by atoms with Crippen LogP contribution in [0.25, 0.3) is 5.57 Å². The second-order valence-electron chi connectivity index (χ2n) is 9.58. The van der Waals surface area contributed by atoms with Crippen molar-refractivity contribution in [2.75, 3.05) is 5.32 Å². The number of hydrogen-bond acceptors (Lipinski definition) is 6. The highest BCUT2D eigenvalue weighted by atomic mass is 32.2. The molecule has 5 rings (SSSR count). The lowest BCUT2D eigenvalue weighted by Gasteiger charge is -2.15. The number of carbonyl (C=O) groups is 3. The van der Waals surface area contributed by atoms with E-state index in [1.54, 1.807) is 18.2 Å². The van der Waals surface area contributed by atoms with Crippen LogP contribution in [0.5, 0.6) is 0 Å². The highest BCUT2D eigenvalue weighted by Crippen LogP contribution is 2.46. The number of allylic oxidation sites excluding steroid dienone is 1. The van der Waals surface area contributed by atoms with Gasteiger partial charge in [0, 0.05) is 24.6 Å². The number of anilines is 1. The summed E-state index contributed by atoms with van der Waals surface area (Å²) >= 11 is 0. The molecular formula is C26H26N2O6S. The van der Waals surface area contributed by atoms with Crippen LogP contribution in [0.2, 0.25) is 0 Å². The van der Waals surface area contributed by atoms with E-state index in [4.69, 9.17) is 5.11 Å². The quantitative estimate of drug-likeness (QED) is 0.531. The van der Waals surface area contributed by atoms with Gasteiger partial charge in [-0.15, -0.1) is 0 Å². The number of hydrogen-bond donors (Lipinski definition) is 2. The highest BCUT2D eigenvalue weighted by molar-refractivity contribution is 7.92. The first kappa shape index (κ1) is 23.4. The average Bonchev–Trinajstić information content (AvgIpc) is 3.75. The van der Waals surface area contributed by atoms with Gasteiger partial charge in [-0.05, 0) is 79.3 Å². The maximum atomic E-state index is 13.4. The van der Waals surface area contributed by atoms with Gasteiger partial charge >= 0.3 is 5.97 Å². The van der Waals surface area contributed by atoms with Crippen molar-refractivity contribution in [3.8, 4) is 0 Å². The van der Waals surface area contributed by atoms with Crippen LogP contribution < -0.4 is 5.32 Å². The molecular weight excluding hydrogens is 468 g/mol. The normalized spacial score (nSPS) is 20.6. The first-order valence-corrected chi connectivity index (χ1v) is 13.4. The monoisotopic (exact) mass is 494 g/mol. The summed E-state index contributed by atoms with van der Waals surface area (Å²) in [6.45, 7) is 0. The molecule has 1 heterocycles. The maximum Gasteiger partial charge on any atom is 0.337 e. The van der Waals surface area contributed by atoms with Crippen LogP contribution >= 0.6 is 0 Å². The summed E-state index contributed by atoms with van der Waals surface area (Å²) in [6.07, 6.45) is 7.66. The molecule has 1 aromatic heterocycles. The Morgan fingerprint density at radius 2 is 1.77 bits per heavy atom. The minimum absolute atomic E-state index is 0.00442. The number of ketones is 1. The number of rotatable bonds is 8. The first-order valence-electron chi connectivity index (χ1n) is 11.8. The van der Waals surface area contributed by atoms with E-state index in [9.17, 15) is 22.8 Å². The topological polar surface area (TPSA) is 130 Å². The Balaban J connectivity index is 1.50. The van der Waals surface area contributed by atoms with Crippen LogP contribution in [0.4, 0.5) is 5.82 Å². The molecule has 3 aliphatic carbocycles. The van der Waals surface area contributed by atoms with Crippen molar-refractivity contribution in [3.05, 3.63) is 59.3 Å². The minimum Gasteiger partial charge on any atom is -0.478 e. The number of nitrogens with one attached hydrogen (secondary N) is 1. The van der Waals surface area contributed by atoms with E-state index in [0.29, 0.717) is 48.1 Å². The number of carbonyl (C=O) groups excluding carboxylic acids is 2. The lowest BCUT2D eigenvalue weighted by molar-refractivity contribution is -0.117. The van der Waals surface area contributed by atoms with Gasteiger partial charge in [0.25, 0.3) is 5.91 Å². The number of pyridine rings is 1. The lowest BCUT2D eigenvalue weighted by atomic mass is 9.95. The molecule has 0 radical (unpaired) electrons. The summed E-state index contributed by atoms with van der Waals surface area (Å²) < 4.78 is 26.0. The van der Waals surface area contributed by atoms with Crippen LogP contribution in [0.3, 0.4) is 0 Å². The van der Waals surface area contributed by atoms with Gasteiger partial charge in [0.15, 0.2) is 9.84 Å². The van der Waals surface area contributed by atoms with E-state index in [-0.39, 0.29) is 34.3 Å². The molecule has 2 N–H and O–H groups in total. The second-order valence-corrected chi connectivity index (χ2v) is 11.8. The summed E-state index contributed by atoms with van der Waals surface area (Å²) in [4.78, 5) is 40.7. The van der Waals surface area contributed by atoms with Gasteiger partial charge in [0.1, 0.15) is 11.6 Å². The smallest absolute Gasteiger partial charge is 0.337 e. The molecule has 0 unspecified atom stereocenters. The zero-order valence-corrected chi connectivity index (χ0v) is 19.9. The highest BCUT2D eigenvalue weighted by Gasteiger charge is 2.40. The number of benzene rings is 1. The summed E-state index contributed by atoms with van der Waals surface area (Å²) in [6, 6.07) is 7.88. The third-order valence-corrected chi connectivity index (χ3v) is 9.12. The molecule has 0 bridgehead atoms. The van der Waals surface area contributed by atoms with Gasteiger partial charge in [-0.2, -0.15) is 0 Å². The molecule has 8 nitrogen and oxygen atoms in total. The van der Waals surface area contributed by atoms with Crippen LogP contribution in [0.15, 0.2) is 47.5 Å². The van der Waals surface area contributed by atoms with E-state index in [1.165, 1.54) is 18.3 Å². The molecule has 1 amide bonds. The van der Waals surface area contributed by atoms with Crippen molar-refractivity contribution in [2.24, 2.45) is 5.92 Å². The van der Waals surface area contributed by atoms with E-state index in [0.717, 1.165) is 18.4 Å². The molecule has 3 aliphatic rings. The van der Waals surface area contributed by atoms with Gasteiger partial charge < -0.3 is 10.4 Å². The Kier molecular flexibility index (Phi) is 6.04. The molecule has 0 aliphatic heterocycles. The fourth-order valence-corrected chi connectivity index (χ4v) is 6.48. The minimum atomic E-state index is -3.38. The molecule has 1 aromatic carbocycles. The Labute approximate surface area is 203 Å². The van der Waals surface area contributed by atoms with Gasteiger partial charge in [-0.25, -0.2) is 18.2 Å². The van der Waals surface area contributed by atoms with Gasteiger partial charge in [0.05, 0.1) is 15.7 Å². The van der Waals surface area contributed by atoms with Crippen LogP contribution in [-0.4, -0.2) is 41.4 Å². The van der Waals surface area contributed by atoms with Gasteiger partial charge in [-0.3, -0.25) is 9.59 Å². The van der Waals surface area contributed by atoms with Crippen LogP contribution in [0, 0.1) is 5.92 Å². The Morgan fingerprint density at radius 1 is 1.03 bits per heavy atom. The molecule has 3 fully saturated rings. The average molecular weight is 495 g/mol. The van der Waals surface area contributed by atoms with E-state index < -0.39 is 21.7 Å². The summed E-state index contributed by atoms with van der Waals surface area (Å²) in [5.74, 6) is -1.12. The maximum absolute atomic E-state index is 13.4. The Morgan fingerprint density at radius 3 is 2.34 bits per heavy atom. The Bertz CT molecular complexity index is 1340. The molecule has 1 atom stereocenters. The van der Waals surface area contributed by atoms with Crippen molar-refractivity contribution < 1.29 is 27.9 Å². The second kappa shape index (κ2) is 9.03. The van der Waals surface area contributed by atoms with Gasteiger partial charge in [-0.1, -0.05) is 12.1 Å². The first-order chi connectivity index (χ1) is 16.7. The van der Waals surface area contributed by atoms with E-state index in [1.807, 2.05) is 6.07 Å². The molecule has 3 saturated carbocycles. The summed E-state index contributed by atoms with van der Waals surface area (Å²) in [5, 5.41) is 11.5. The third-order valence-electron chi connectivity index (χ3n) is 6.79. The lowest BCUT2D eigenvalue weighted by Crippen LogP contribution is -2.16. The molecule has 2 aromatic rings. The summed E-state index contributed by atoms with van der Waals surface area (Å²) in [5.41, 5.74) is 1.72. The number of aromatic carboxylic acids is 1. The number of carboxylic acids is 1. The van der Waals surface area contributed by atoms with Crippen molar-refractivity contribution in [3.63, 3.8) is 0 Å². The van der Waals surface area contributed by atoms with Gasteiger partial charge in [0.2, 0.25) is 0 Å². The fraction of sp³-hybridized carbons (Fsp3) is 0.385. The molecule has 0 saturated heterocycles. The Hall–Kier alpha value is -3.33. The molecule has 35 heavy (non-hydrogen) atoms. The molecule has 9 heteroatoms. The molecule has 0 spiro atoms. The van der Waals surface area contributed by atoms with Crippen molar-refractivity contribution in [1.82, 2.24) is 4.98 Å². The molecule has 182 valence electrons. The van der Waals surface area contributed by atoms with Crippen molar-refractivity contribution >= 4 is 38.9 Å². The van der Waals surface area contributed by atoms with Crippen LogP contribution in [-0.2, 0) is 19.4 Å². The zero-order chi connectivity index (χ0) is 24.7. The zero-order valence-electron chi connectivity index (χ0n) is 19.1. The van der Waals surface area contributed by atoms with Crippen LogP contribution in [0.1, 0.15) is 72.3 Å². The predicted molar refractivity (Wildman–Crippen MR) is 129 cm³/mol. The fourth-order valence-electron chi connectivity index (χ4n) is 4.55. The summed E-state index contributed by atoms with van der Waals surface area (Å²) in [7, 11) is -3.38. The number of amides is 1. The predicted octanol–water partition coefficient (Wildman–Crippen LogP) is 3.98. The number of aromatic nitrogens is 1. The van der Waals surface area contributed by atoms with Crippen molar-refractivity contribution in [2.45, 2.75) is 61.0 Å². The number of Topliss-reactive ketones (excluding diaryl/α,β-unsaturated/α-hetero) is 1. The van der Waals surface area contributed by atoms with E-state index in [2.05, 4.69) is 10.3 Å². The van der Waals surface area contributed by atoms with E-state index >= 15 is 0 Å². The van der Waals surface area contributed by atoms with Crippen molar-refractivity contribution in [1.29, 1.82) is 0 Å². The largest absolute Gasteiger partial charge is 0.478 e. The third kappa shape index (κ3) is 5.05.